The first-order valence-corrected chi connectivity index (χ1v) is 14.1. The van der Waals surface area contributed by atoms with E-state index in [-0.39, 0.29) is 29.4 Å². The number of benzene rings is 4. The highest BCUT2D eigenvalue weighted by Crippen LogP contribution is 2.53. The van der Waals surface area contributed by atoms with Crippen LogP contribution < -0.4 is 14.2 Å². The maximum atomic E-state index is 15.5. The number of carboxylic acid groups (broad SMARTS) is 1. The molecule has 1 saturated carbocycles. The molecule has 0 unspecified atom stereocenters. The van der Waals surface area contributed by atoms with Crippen molar-refractivity contribution in [2.45, 2.75) is 37.9 Å². The lowest BCUT2D eigenvalue weighted by molar-refractivity contribution is 0.0249. The minimum Gasteiger partial charge on any atom is -0.496 e. The van der Waals surface area contributed by atoms with E-state index in [0.29, 0.717) is 40.6 Å². The smallest absolute Gasteiger partial charge is 0.339 e. The van der Waals surface area contributed by atoms with Crippen molar-refractivity contribution < 1.29 is 38.0 Å². The van der Waals surface area contributed by atoms with E-state index < -0.39 is 29.1 Å². The molecular formula is C35H31F2NO6. The molecule has 1 heterocycles. The first-order valence-electron chi connectivity index (χ1n) is 14.1. The number of methoxy groups -OCH3 is 2. The van der Waals surface area contributed by atoms with Gasteiger partial charge in [-0.25, -0.2) is 13.6 Å². The summed E-state index contributed by atoms with van der Waals surface area (Å²) in [5.74, 6) is -1.79. The lowest BCUT2D eigenvalue weighted by Gasteiger charge is -2.44. The average molecular weight is 600 g/mol. The summed E-state index contributed by atoms with van der Waals surface area (Å²) < 4.78 is 49.0. The van der Waals surface area contributed by atoms with Crippen LogP contribution in [0, 0.1) is 11.6 Å². The van der Waals surface area contributed by atoms with E-state index >= 15 is 4.39 Å². The Morgan fingerprint density at radius 3 is 2.32 bits per heavy atom. The van der Waals surface area contributed by atoms with Gasteiger partial charge < -0.3 is 29.0 Å². The molecule has 0 saturated heterocycles. The van der Waals surface area contributed by atoms with Crippen molar-refractivity contribution in [3.63, 3.8) is 0 Å². The number of hydrogen-bond acceptors (Lipinski definition) is 5. The van der Waals surface area contributed by atoms with E-state index in [2.05, 4.69) is 0 Å². The van der Waals surface area contributed by atoms with Crippen molar-refractivity contribution in [2.24, 2.45) is 0 Å². The largest absolute Gasteiger partial charge is 0.496 e. The fourth-order valence-corrected chi connectivity index (χ4v) is 6.30. The van der Waals surface area contributed by atoms with Gasteiger partial charge in [0.05, 0.1) is 31.2 Å². The van der Waals surface area contributed by atoms with E-state index in [1.807, 2.05) is 41.8 Å². The number of aliphatic hydroxyl groups excluding tert-OH is 1. The molecule has 1 fully saturated rings. The van der Waals surface area contributed by atoms with Crippen LogP contribution in [0.5, 0.6) is 17.2 Å². The zero-order valence-corrected chi connectivity index (χ0v) is 24.4. The second-order valence-corrected chi connectivity index (χ2v) is 11.3. The molecule has 0 bridgehead atoms. The van der Waals surface area contributed by atoms with Crippen LogP contribution >= 0.6 is 0 Å². The van der Waals surface area contributed by atoms with Gasteiger partial charge in [-0.2, -0.15) is 0 Å². The average Bonchev–Trinajstić information content (AvgIpc) is 3.35. The Labute approximate surface area is 252 Å². The Morgan fingerprint density at radius 1 is 0.932 bits per heavy atom. The Bertz CT molecular complexity index is 1880. The number of aliphatic hydroxyl groups is 1. The van der Waals surface area contributed by atoms with Crippen molar-refractivity contribution in [1.82, 2.24) is 4.57 Å². The normalized spacial score (nSPS) is 17.7. The zero-order valence-electron chi connectivity index (χ0n) is 24.4. The Morgan fingerprint density at radius 2 is 1.66 bits per heavy atom. The summed E-state index contributed by atoms with van der Waals surface area (Å²) in [6, 6.07) is 21.4. The van der Waals surface area contributed by atoms with E-state index in [1.165, 1.54) is 38.5 Å². The molecule has 0 radical (unpaired) electrons. The molecule has 5 aromatic rings. The summed E-state index contributed by atoms with van der Waals surface area (Å²) in [5, 5.41) is 20.8. The molecule has 4 aromatic carbocycles. The highest BCUT2D eigenvalue weighted by Gasteiger charge is 2.46. The second kappa shape index (κ2) is 11.3. The Hall–Kier alpha value is -4.89. The highest BCUT2D eigenvalue weighted by atomic mass is 19.1. The maximum Gasteiger partial charge on any atom is 0.339 e. The third-order valence-corrected chi connectivity index (χ3v) is 8.29. The number of carboxylic acids is 1. The number of carbonyl (C=O) groups is 1. The number of rotatable bonds is 9. The van der Waals surface area contributed by atoms with Crippen molar-refractivity contribution in [1.29, 1.82) is 0 Å². The van der Waals surface area contributed by atoms with Gasteiger partial charge in [0, 0.05) is 34.5 Å². The van der Waals surface area contributed by atoms with Gasteiger partial charge in [-0.15, -0.1) is 0 Å². The van der Waals surface area contributed by atoms with Crippen LogP contribution in [0.25, 0.3) is 27.7 Å². The minimum absolute atomic E-state index is 0.0123. The maximum absolute atomic E-state index is 15.5. The van der Waals surface area contributed by atoms with Crippen LogP contribution in [0.2, 0.25) is 0 Å². The van der Waals surface area contributed by atoms with Crippen LogP contribution in [0.1, 0.15) is 41.4 Å². The number of aromatic nitrogens is 1. The number of hydrogen-bond donors (Lipinski definition) is 2. The Balaban J connectivity index is 1.72. The van der Waals surface area contributed by atoms with Crippen LogP contribution in [0.15, 0.2) is 78.9 Å². The third-order valence-electron chi connectivity index (χ3n) is 8.29. The van der Waals surface area contributed by atoms with Gasteiger partial charge in [0.25, 0.3) is 0 Å². The van der Waals surface area contributed by atoms with E-state index in [4.69, 9.17) is 14.2 Å². The molecule has 0 spiro atoms. The third kappa shape index (κ3) is 5.03. The molecule has 2 N–H and O–H groups in total. The first-order chi connectivity index (χ1) is 21.1. The summed E-state index contributed by atoms with van der Waals surface area (Å²) in [4.78, 5) is 11.9. The molecule has 0 aliphatic heterocycles. The molecule has 6 rings (SSSR count). The monoisotopic (exact) mass is 599 g/mol. The van der Waals surface area contributed by atoms with Crippen molar-refractivity contribution in [2.75, 3.05) is 14.2 Å². The number of nitrogens with zero attached hydrogens (tertiary/aromatic N) is 1. The quantitative estimate of drug-likeness (QED) is 0.185. The van der Waals surface area contributed by atoms with Gasteiger partial charge in [0.2, 0.25) is 0 Å². The fourth-order valence-electron chi connectivity index (χ4n) is 6.30. The summed E-state index contributed by atoms with van der Waals surface area (Å²) in [6.45, 7) is 2.18. The molecule has 7 nitrogen and oxygen atoms in total. The molecule has 44 heavy (non-hydrogen) atoms. The van der Waals surface area contributed by atoms with Gasteiger partial charge in [-0.05, 0) is 54.3 Å². The van der Waals surface area contributed by atoms with Gasteiger partial charge in [0.1, 0.15) is 29.5 Å². The number of ether oxygens (including phenoxy) is 3. The lowest BCUT2D eigenvalue weighted by atomic mass is 9.64. The number of aromatic carboxylic acids is 1. The van der Waals surface area contributed by atoms with Crippen molar-refractivity contribution in [3.8, 4) is 34.1 Å². The second-order valence-electron chi connectivity index (χ2n) is 11.3. The molecular weight excluding hydrogens is 568 g/mol. The molecule has 1 aliphatic carbocycles. The van der Waals surface area contributed by atoms with Gasteiger partial charge in [0.15, 0.2) is 11.6 Å². The standard InChI is InChI=1S/C35H31F2NO6/c1-35(17-24(39)18-35)33-31(21-9-11-25(34(40)41)28(13-21)42-2)32-27(38(33)23-10-12-26(37)29(16-23)43-3)14-22(36)15-30(32)44-19-20-7-5-4-6-8-20/h4-16,24,39H,17-19H2,1-3H3,(H,40,41). The predicted molar refractivity (Wildman–Crippen MR) is 162 cm³/mol. The zero-order chi connectivity index (χ0) is 31.2. The van der Waals surface area contributed by atoms with Gasteiger partial charge in [-0.3, -0.25) is 0 Å². The summed E-state index contributed by atoms with van der Waals surface area (Å²) in [7, 11) is 2.77. The SMILES string of the molecule is COc1cc(-n2c(C3(C)CC(O)C3)c(-c3ccc(C(=O)O)c(OC)c3)c3c(OCc4ccccc4)cc(F)cc32)ccc1F. The fraction of sp³-hybridized carbons (Fsp3) is 0.229. The van der Waals surface area contributed by atoms with Crippen LogP contribution in [0.3, 0.4) is 0 Å². The van der Waals surface area contributed by atoms with Crippen LogP contribution in [-0.4, -0.2) is 41.1 Å². The summed E-state index contributed by atoms with van der Waals surface area (Å²) in [6.07, 6.45) is 0.292. The van der Waals surface area contributed by atoms with Crippen molar-refractivity contribution >= 4 is 16.9 Å². The van der Waals surface area contributed by atoms with E-state index in [1.54, 1.807) is 24.3 Å². The molecule has 0 atom stereocenters. The molecule has 1 aromatic heterocycles. The summed E-state index contributed by atoms with van der Waals surface area (Å²) in [5.41, 5.74) is 3.25. The van der Waals surface area contributed by atoms with Gasteiger partial charge >= 0.3 is 5.97 Å². The van der Waals surface area contributed by atoms with E-state index in [0.717, 1.165) is 11.3 Å². The summed E-state index contributed by atoms with van der Waals surface area (Å²) >= 11 is 0. The predicted octanol–water partition coefficient (Wildman–Crippen LogP) is 7.28. The van der Waals surface area contributed by atoms with Crippen molar-refractivity contribution in [3.05, 3.63) is 107 Å². The lowest BCUT2D eigenvalue weighted by Crippen LogP contribution is -2.43. The topological polar surface area (TPSA) is 90.2 Å². The molecule has 0 amide bonds. The number of fused-ring (bicyclic) bond motifs is 1. The molecule has 1 aliphatic rings. The first kappa shape index (κ1) is 29.2. The number of halogens is 2. The molecule has 226 valence electrons. The van der Waals surface area contributed by atoms with Crippen LogP contribution in [0.4, 0.5) is 8.78 Å². The highest BCUT2D eigenvalue weighted by molar-refractivity contribution is 6.04. The van der Waals surface area contributed by atoms with E-state index in [9.17, 15) is 19.4 Å². The minimum atomic E-state index is -1.14. The van der Waals surface area contributed by atoms with Crippen LogP contribution in [-0.2, 0) is 12.0 Å². The van der Waals surface area contributed by atoms with Gasteiger partial charge in [-0.1, -0.05) is 43.3 Å². The molecule has 9 heteroatoms. The Kier molecular flexibility index (Phi) is 7.51.